The molecule has 0 amide bonds. The number of hydrogen-bond acceptors (Lipinski definition) is 2. The van der Waals surface area contributed by atoms with E-state index in [-0.39, 0.29) is 0 Å². The van der Waals surface area contributed by atoms with Gasteiger partial charge in [0.2, 0.25) is 0 Å². The lowest BCUT2D eigenvalue weighted by molar-refractivity contribution is 0.414. The summed E-state index contributed by atoms with van der Waals surface area (Å²) in [6.07, 6.45) is 0. The van der Waals surface area contributed by atoms with Gasteiger partial charge in [-0.25, -0.2) is 0 Å². The molecule has 0 aromatic heterocycles. The fourth-order valence-corrected chi connectivity index (χ4v) is 2.17. The van der Waals surface area contributed by atoms with Gasteiger partial charge in [0.05, 0.1) is 7.11 Å². The highest BCUT2D eigenvalue weighted by Crippen LogP contribution is 2.11. The second-order valence-electron chi connectivity index (χ2n) is 4.51. The Morgan fingerprint density at radius 2 is 1.71 bits per heavy atom. The summed E-state index contributed by atoms with van der Waals surface area (Å²) in [6, 6.07) is 15.6. The smallest absolute Gasteiger partial charge is 0.166 e. The van der Waals surface area contributed by atoms with Gasteiger partial charge in [0.25, 0.3) is 0 Å². The first-order valence-electron chi connectivity index (χ1n) is 6.56. The van der Waals surface area contributed by atoms with Crippen LogP contribution in [-0.2, 0) is 13.1 Å². The summed E-state index contributed by atoms with van der Waals surface area (Å²) < 4.78 is 5.12. The van der Waals surface area contributed by atoms with E-state index < -0.39 is 0 Å². The first-order valence-corrected chi connectivity index (χ1v) is 7.35. The predicted octanol–water partition coefficient (Wildman–Crippen LogP) is 3.51. The van der Waals surface area contributed by atoms with E-state index in [0.29, 0.717) is 18.2 Å². The van der Waals surface area contributed by atoms with E-state index >= 15 is 0 Å². The Hall–Kier alpha value is -1.78. The molecular formula is C16H17ClN2OS. The molecule has 0 saturated carbocycles. The van der Waals surface area contributed by atoms with Crippen molar-refractivity contribution in [1.29, 1.82) is 0 Å². The number of thiocarbonyl (C=S) groups is 1. The van der Waals surface area contributed by atoms with Crippen LogP contribution in [0.1, 0.15) is 11.1 Å². The third-order valence-electron chi connectivity index (χ3n) is 2.95. The Kier molecular flexibility index (Phi) is 5.84. The molecule has 0 spiro atoms. The summed E-state index contributed by atoms with van der Waals surface area (Å²) in [6.45, 7) is 1.32. The van der Waals surface area contributed by atoms with E-state index in [1.807, 2.05) is 48.5 Å². The van der Waals surface area contributed by atoms with E-state index in [9.17, 15) is 0 Å². The van der Waals surface area contributed by atoms with E-state index in [1.165, 1.54) is 0 Å². The summed E-state index contributed by atoms with van der Waals surface area (Å²) >= 11 is 11.2. The third kappa shape index (κ3) is 5.25. The van der Waals surface area contributed by atoms with E-state index in [4.69, 9.17) is 28.6 Å². The summed E-state index contributed by atoms with van der Waals surface area (Å²) in [4.78, 5) is 0. The average molecular weight is 321 g/mol. The zero-order valence-electron chi connectivity index (χ0n) is 11.7. The van der Waals surface area contributed by atoms with Crippen LogP contribution < -0.4 is 15.4 Å². The maximum absolute atomic E-state index is 5.94. The van der Waals surface area contributed by atoms with Crippen LogP contribution in [0.25, 0.3) is 0 Å². The second kappa shape index (κ2) is 7.86. The van der Waals surface area contributed by atoms with E-state index in [1.54, 1.807) is 7.11 Å². The first kappa shape index (κ1) is 15.6. The molecule has 2 aromatic carbocycles. The topological polar surface area (TPSA) is 33.3 Å². The van der Waals surface area contributed by atoms with Crippen molar-refractivity contribution < 1.29 is 4.74 Å². The standard InChI is InChI=1S/C16H17ClN2OS/c1-20-15-7-5-12(6-8-15)10-18-16(21)19-11-13-3-2-4-14(17)9-13/h2-9H,10-11H2,1H3,(H2,18,19,21). The van der Waals surface area contributed by atoms with Gasteiger partial charge in [-0.3, -0.25) is 0 Å². The molecule has 0 heterocycles. The Bertz CT molecular complexity index is 601. The van der Waals surface area contributed by atoms with Gasteiger partial charge in [-0.1, -0.05) is 35.9 Å². The van der Waals surface area contributed by atoms with Crippen LogP contribution in [0.15, 0.2) is 48.5 Å². The molecule has 0 saturated heterocycles. The van der Waals surface area contributed by atoms with Crippen molar-refractivity contribution >= 4 is 28.9 Å². The molecule has 3 nitrogen and oxygen atoms in total. The normalized spacial score (nSPS) is 10.0. The molecule has 0 atom stereocenters. The highest BCUT2D eigenvalue weighted by molar-refractivity contribution is 7.80. The van der Waals surface area contributed by atoms with Gasteiger partial charge < -0.3 is 15.4 Å². The van der Waals surface area contributed by atoms with E-state index in [2.05, 4.69) is 10.6 Å². The number of rotatable bonds is 5. The van der Waals surface area contributed by atoms with Gasteiger partial charge in [0.1, 0.15) is 5.75 Å². The number of hydrogen-bond donors (Lipinski definition) is 2. The van der Waals surface area contributed by atoms with Crippen molar-refractivity contribution in [2.45, 2.75) is 13.1 Å². The van der Waals surface area contributed by atoms with Crippen LogP contribution in [0.4, 0.5) is 0 Å². The molecule has 21 heavy (non-hydrogen) atoms. The van der Waals surface area contributed by atoms with Crippen molar-refractivity contribution in [2.24, 2.45) is 0 Å². The van der Waals surface area contributed by atoms with Crippen LogP contribution in [0.5, 0.6) is 5.75 Å². The summed E-state index contributed by atoms with van der Waals surface area (Å²) in [5.74, 6) is 0.848. The number of ether oxygens (including phenoxy) is 1. The third-order valence-corrected chi connectivity index (χ3v) is 3.48. The minimum Gasteiger partial charge on any atom is -0.497 e. The second-order valence-corrected chi connectivity index (χ2v) is 5.36. The lowest BCUT2D eigenvalue weighted by Crippen LogP contribution is -2.34. The first-order chi connectivity index (χ1) is 10.2. The Balaban J connectivity index is 1.76. The minimum absolute atomic E-state index is 0.616. The average Bonchev–Trinajstić information content (AvgIpc) is 2.51. The zero-order valence-corrected chi connectivity index (χ0v) is 13.3. The van der Waals surface area contributed by atoms with Crippen LogP contribution in [0.3, 0.4) is 0 Å². The molecular weight excluding hydrogens is 304 g/mol. The van der Waals surface area contributed by atoms with Crippen molar-refractivity contribution in [3.8, 4) is 5.75 Å². The zero-order chi connectivity index (χ0) is 15.1. The largest absolute Gasteiger partial charge is 0.497 e. The van der Waals surface area contributed by atoms with Gasteiger partial charge >= 0.3 is 0 Å². The fourth-order valence-electron chi connectivity index (χ4n) is 1.82. The van der Waals surface area contributed by atoms with Crippen LogP contribution in [0, 0.1) is 0 Å². The molecule has 2 rings (SSSR count). The van der Waals surface area contributed by atoms with Gasteiger partial charge in [0, 0.05) is 18.1 Å². The lowest BCUT2D eigenvalue weighted by Gasteiger charge is -2.11. The molecule has 0 radical (unpaired) electrons. The Labute approximate surface area is 135 Å². The van der Waals surface area contributed by atoms with Crippen LogP contribution in [0.2, 0.25) is 5.02 Å². The molecule has 5 heteroatoms. The highest BCUT2D eigenvalue weighted by atomic mass is 35.5. The molecule has 0 fully saturated rings. The summed E-state index contributed by atoms with van der Waals surface area (Å²) in [5.41, 5.74) is 2.24. The number of nitrogens with one attached hydrogen (secondary N) is 2. The minimum atomic E-state index is 0.616. The predicted molar refractivity (Wildman–Crippen MR) is 90.7 cm³/mol. The quantitative estimate of drug-likeness (QED) is 0.826. The van der Waals surface area contributed by atoms with Crippen molar-refractivity contribution in [3.05, 3.63) is 64.7 Å². The number of methoxy groups -OCH3 is 1. The molecule has 0 aliphatic carbocycles. The van der Waals surface area contributed by atoms with Gasteiger partial charge in [-0.2, -0.15) is 0 Å². The molecule has 2 N–H and O–H groups in total. The molecule has 2 aromatic rings. The SMILES string of the molecule is COc1ccc(CNC(=S)NCc2cccc(Cl)c2)cc1. The van der Waals surface area contributed by atoms with Crippen molar-refractivity contribution in [2.75, 3.05) is 7.11 Å². The maximum Gasteiger partial charge on any atom is 0.166 e. The van der Waals surface area contributed by atoms with Crippen LogP contribution >= 0.6 is 23.8 Å². The Morgan fingerprint density at radius 1 is 1.05 bits per heavy atom. The maximum atomic E-state index is 5.94. The molecule has 110 valence electrons. The van der Waals surface area contributed by atoms with Gasteiger partial charge in [-0.15, -0.1) is 0 Å². The number of benzene rings is 2. The molecule has 0 aliphatic heterocycles. The molecule has 0 unspecified atom stereocenters. The van der Waals surface area contributed by atoms with Gasteiger partial charge in [0.15, 0.2) is 5.11 Å². The fraction of sp³-hybridized carbons (Fsp3) is 0.188. The summed E-state index contributed by atoms with van der Waals surface area (Å²) in [5, 5.41) is 7.67. The van der Waals surface area contributed by atoms with Crippen molar-refractivity contribution in [3.63, 3.8) is 0 Å². The van der Waals surface area contributed by atoms with Crippen LogP contribution in [-0.4, -0.2) is 12.2 Å². The molecule has 0 aliphatic rings. The summed E-state index contributed by atoms with van der Waals surface area (Å²) in [7, 11) is 1.65. The van der Waals surface area contributed by atoms with E-state index in [0.717, 1.165) is 21.9 Å². The monoisotopic (exact) mass is 320 g/mol. The van der Waals surface area contributed by atoms with Gasteiger partial charge in [-0.05, 0) is 47.6 Å². The van der Waals surface area contributed by atoms with Crippen molar-refractivity contribution in [1.82, 2.24) is 10.6 Å². The number of halogens is 1. The lowest BCUT2D eigenvalue weighted by atomic mass is 10.2. The Morgan fingerprint density at radius 3 is 2.33 bits per heavy atom. The highest BCUT2D eigenvalue weighted by Gasteiger charge is 1.99. The molecule has 0 bridgehead atoms.